The molecule has 1 aliphatic heterocycles. The third-order valence-corrected chi connectivity index (χ3v) is 8.33. The SMILES string of the molecule is CC(=O)OCc1nc2cc(CN3CCN(C(c4ccccc4)c4ccccc4)CC3)ccc2n1C1CCCC1. The summed E-state index contributed by atoms with van der Waals surface area (Å²) < 4.78 is 7.70. The topological polar surface area (TPSA) is 50.6 Å². The van der Waals surface area contributed by atoms with Crippen molar-refractivity contribution in [3.8, 4) is 0 Å². The molecule has 0 spiro atoms. The smallest absolute Gasteiger partial charge is 0.303 e. The van der Waals surface area contributed by atoms with Gasteiger partial charge in [0, 0.05) is 45.7 Å². The molecule has 6 rings (SSSR count). The molecular weight excluding hydrogens is 484 g/mol. The lowest BCUT2D eigenvalue weighted by atomic mass is 9.96. The maximum Gasteiger partial charge on any atom is 0.303 e. The molecule has 0 bridgehead atoms. The molecule has 0 atom stereocenters. The molecule has 0 unspecified atom stereocenters. The standard InChI is InChI=1S/C33H38N4O2/c1-25(38)39-24-32-34-30-22-26(16-17-31(30)37(32)29-14-8-9-15-29)23-35-18-20-36(21-19-35)33(27-10-4-2-5-11-27)28-12-6-3-7-13-28/h2-7,10-13,16-17,22,29,33H,8-9,14-15,18-21,23-24H2,1H3. The third kappa shape index (κ3) is 5.77. The first-order valence-electron chi connectivity index (χ1n) is 14.3. The fourth-order valence-electron chi connectivity index (χ4n) is 6.45. The number of esters is 1. The highest BCUT2D eigenvalue weighted by Crippen LogP contribution is 2.34. The average Bonchev–Trinajstić information content (AvgIpc) is 3.62. The number of nitrogens with zero attached hydrogens (tertiary/aromatic N) is 4. The molecule has 2 heterocycles. The Labute approximate surface area is 231 Å². The van der Waals surface area contributed by atoms with Gasteiger partial charge < -0.3 is 9.30 Å². The molecule has 0 N–H and O–H groups in total. The maximum atomic E-state index is 11.5. The molecule has 4 aromatic rings. The second-order valence-corrected chi connectivity index (χ2v) is 11.0. The van der Waals surface area contributed by atoms with Crippen LogP contribution in [0.25, 0.3) is 11.0 Å². The summed E-state index contributed by atoms with van der Waals surface area (Å²) in [6, 6.07) is 29.2. The largest absolute Gasteiger partial charge is 0.458 e. The summed E-state index contributed by atoms with van der Waals surface area (Å²) in [6.45, 7) is 6.73. The average molecular weight is 523 g/mol. The number of imidazole rings is 1. The van der Waals surface area contributed by atoms with Crippen molar-refractivity contribution < 1.29 is 9.53 Å². The highest BCUT2D eigenvalue weighted by atomic mass is 16.5. The number of rotatable bonds is 8. The van der Waals surface area contributed by atoms with Gasteiger partial charge in [0.05, 0.1) is 17.1 Å². The minimum Gasteiger partial charge on any atom is -0.458 e. The van der Waals surface area contributed by atoms with Gasteiger partial charge in [-0.2, -0.15) is 0 Å². The first kappa shape index (κ1) is 25.8. The van der Waals surface area contributed by atoms with Gasteiger partial charge in [-0.1, -0.05) is 79.6 Å². The van der Waals surface area contributed by atoms with E-state index in [2.05, 4.69) is 93.2 Å². The third-order valence-electron chi connectivity index (χ3n) is 8.33. The van der Waals surface area contributed by atoms with E-state index in [1.165, 1.54) is 36.5 Å². The van der Waals surface area contributed by atoms with Crippen molar-refractivity contribution in [3.05, 3.63) is 101 Å². The molecule has 1 aliphatic carbocycles. The van der Waals surface area contributed by atoms with Crippen molar-refractivity contribution >= 4 is 17.0 Å². The van der Waals surface area contributed by atoms with E-state index in [-0.39, 0.29) is 18.6 Å². The number of carbonyl (C=O) groups excluding carboxylic acids is 1. The highest BCUT2D eigenvalue weighted by Gasteiger charge is 2.27. The van der Waals surface area contributed by atoms with Crippen molar-refractivity contribution in [1.29, 1.82) is 0 Å². The number of benzene rings is 3. The van der Waals surface area contributed by atoms with E-state index in [1.54, 1.807) is 0 Å². The van der Waals surface area contributed by atoms with Gasteiger partial charge in [0.2, 0.25) is 0 Å². The molecule has 39 heavy (non-hydrogen) atoms. The fourth-order valence-corrected chi connectivity index (χ4v) is 6.45. The Morgan fingerprint density at radius 3 is 2.15 bits per heavy atom. The second-order valence-electron chi connectivity index (χ2n) is 11.0. The fraction of sp³-hybridized carbons (Fsp3) is 0.394. The van der Waals surface area contributed by atoms with Gasteiger partial charge in [-0.05, 0) is 41.7 Å². The summed E-state index contributed by atoms with van der Waals surface area (Å²) >= 11 is 0. The number of hydrogen-bond acceptors (Lipinski definition) is 5. The number of hydrogen-bond donors (Lipinski definition) is 0. The molecule has 6 heteroatoms. The van der Waals surface area contributed by atoms with Crippen LogP contribution in [-0.2, 0) is 22.7 Å². The molecule has 0 radical (unpaired) electrons. The van der Waals surface area contributed by atoms with Gasteiger partial charge in [-0.25, -0.2) is 4.98 Å². The van der Waals surface area contributed by atoms with E-state index in [0.29, 0.717) is 6.04 Å². The minimum absolute atomic E-state index is 0.238. The molecule has 1 saturated heterocycles. The van der Waals surface area contributed by atoms with Crippen LogP contribution in [0.1, 0.15) is 67.2 Å². The predicted octanol–water partition coefficient (Wildman–Crippen LogP) is 6.12. The molecule has 1 aromatic heterocycles. The first-order valence-corrected chi connectivity index (χ1v) is 14.3. The van der Waals surface area contributed by atoms with Gasteiger partial charge >= 0.3 is 5.97 Å². The maximum absolute atomic E-state index is 11.5. The van der Waals surface area contributed by atoms with Crippen molar-refractivity contribution in [2.45, 2.75) is 57.8 Å². The van der Waals surface area contributed by atoms with Crippen molar-refractivity contribution in [2.24, 2.45) is 0 Å². The van der Waals surface area contributed by atoms with Crippen LogP contribution in [0.15, 0.2) is 78.9 Å². The number of piperazine rings is 1. The Bertz CT molecular complexity index is 1350. The van der Waals surface area contributed by atoms with Crippen LogP contribution in [0.3, 0.4) is 0 Å². The van der Waals surface area contributed by atoms with Crippen molar-refractivity contribution in [2.75, 3.05) is 26.2 Å². The Morgan fingerprint density at radius 1 is 0.897 bits per heavy atom. The first-order chi connectivity index (χ1) is 19.2. The zero-order valence-electron chi connectivity index (χ0n) is 22.8. The molecule has 6 nitrogen and oxygen atoms in total. The van der Waals surface area contributed by atoms with E-state index in [1.807, 2.05) is 0 Å². The van der Waals surface area contributed by atoms with E-state index in [4.69, 9.17) is 9.72 Å². The van der Waals surface area contributed by atoms with Crippen molar-refractivity contribution in [1.82, 2.24) is 19.4 Å². The van der Waals surface area contributed by atoms with Crippen LogP contribution >= 0.6 is 0 Å². The monoisotopic (exact) mass is 522 g/mol. The van der Waals surface area contributed by atoms with Crippen LogP contribution in [0, 0.1) is 0 Å². The van der Waals surface area contributed by atoms with E-state index >= 15 is 0 Å². The van der Waals surface area contributed by atoms with E-state index < -0.39 is 0 Å². The van der Waals surface area contributed by atoms with Gasteiger partial charge in [0.1, 0.15) is 12.4 Å². The number of aromatic nitrogens is 2. The van der Waals surface area contributed by atoms with E-state index in [0.717, 1.165) is 62.4 Å². The molecule has 202 valence electrons. The van der Waals surface area contributed by atoms with Gasteiger partial charge in [-0.3, -0.25) is 14.6 Å². The lowest BCUT2D eigenvalue weighted by molar-refractivity contribution is -0.142. The quantitative estimate of drug-likeness (QED) is 0.261. The number of fused-ring (bicyclic) bond motifs is 1. The number of ether oxygens (including phenoxy) is 1. The van der Waals surface area contributed by atoms with Crippen LogP contribution in [0.2, 0.25) is 0 Å². The van der Waals surface area contributed by atoms with Crippen molar-refractivity contribution in [3.63, 3.8) is 0 Å². The number of carbonyl (C=O) groups is 1. The zero-order valence-corrected chi connectivity index (χ0v) is 22.8. The predicted molar refractivity (Wildman–Crippen MR) is 154 cm³/mol. The zero-order chi connectivity index (χ0) is 26.6. The summed E-state index contributed by atoms with van der Waals surface area (Å²) in [5.41, 5.74) is 6.16. The van der Waals surface area contributed by atoms with Crippen LogP contribution in [0.5, 0.6) is 0 Å². The molecule has 2 aliphatic rings. The van der Waals surface area contributed by atoms with Gasteiger partial charge in [0.25, 0.3) is 0 Å². The van der Waals surface area contributed by atoms with Crippen LogP contribution in [-0.4, -0.2) is 51.5 Å². The lowest BCUT2D eigenvalue weighted by Gasteiger charge is -2.39. The molecule has 1 saturated carbocycles. The normalized spacial score (nSPS) is 17.3. The Morgan fingerprint density at radius 2 is 1.54 bits per heavy atom. The molecule has 3 aromatic carbocycles. The summed E-state index contributed by atoms with van der Waals surface area (Å²) in [7, 11) is 0. The summed E-state index contributed by atoms with van der Waals surface area (Å²) in [4.78, 5) is 21.6. The minimum atomic E-state index is -0.262. The molecule has 2 fully saturated rings. The molecule has 0 amide bonds. The van der Waals surface area contributed by atoms with Gasteiger partial charge in [0.15, 0.2) is 0 Å². The Hall–Kier alpha value is -3.48. The van der Waals surface area contributed by atoms with Crippen LogP contribution in [0.4, 0.5) is 0 Å². The Balaban J connectivity index is 1.16. The van der Waals surface area contributed by atoms with E-state index in [9.17, 15) is 4.79 Å². The van der Waals surface area contributed by atoms with Crippen LogP contribution < -0.4 is 0 Å². The summed E-state index contributed by atoms with van der Waals surface area (Å²) in [5.74, 6) is 0.604. The lowest BCUT2D eigenvalue weighted by Crippen LogP contribution is -2.47. The highest BCUT2D eigenvalue weighted by molar-refractivity contribution is 5.77. The molecular formula is C33H38N4O2. The summed E-state index contributed by atoms with van der Waals surface area (Å²) in [5, 5.41) is 0. The van der Waals surface area contributed by atoms with Gasteiger partial charge in [-0.15, -0.1) is 0 Å². The second kappa shape index (κ2) is 11.7. The summed E-state index contributed by atoms with van der Waals surface area (Å²) in [6.07, 6.45) is 4.82. The Kier molecular flexibility index (Phi) is 7.75.